The first-order valence-electron chi connectivity index (χ1n) is 12.8. The average Bonchev–Trinajstić information content (AvgIpc) is 3.32. The third-order valence-corrected chi connectivity index (χ3v) is 7.14. The second-order valence-electron chi connectivity index (χ2n) is 9.44. The first kappa shape index (κ1) is 24.5. The third kappa shape index (κ3) is 4.33. The highest BCUT2D eigenvalue weighted by Crippen LogP contribution is 2.47. The Morgan fingerprint density at radius 1 is 0.897 bits per heavy atom. The van der Waals surface area contributed by atoms with E-state index in [1.165, 1.54) is 0 Å². The molecular weight excluding hydrogens is 490 g/mol. The summed E-state index contributed by atoms with van der Waals surface area (Å²) in [6.07, 6.45) is 2.38. The minimum Gasteiger partial charge on any atom is -0.493 e. The molecule has 0 radical (unpaired) electrons. The van der Waals surface area contributed by atoms with Crippen LogP contribution in [0.4, 0.5) is 0 Å². The van der Waals surface area contributed by atoms with Gasteiger partial charge >= 0.3 is 0 Å². The number of aryl methyl sites for hydroxylation is 3. The van der Waals surface area contributed by atoms with E-state index in [0.717, 1.165) is 33.6 Å². The summed E-state index contributed by atoms with van der Waals surface area (Å²) in [4.78, 5) is 4.71. The van der Waals surface area contributed by atoms with Gasteiger partial charge in [-0.1, -0.05) is 54.6 Å². The zero-order valence-corrected chi connectivity index (χ0v) is 22.1. The quantitative estimate of drug-likeness (QED) is 0.305. The van der Waals surface area contributed by atoms with E-state index in [4.69, 9.17) is 24.3 Å². The Morgan fingerprint density at radius 3 is 2.33 bits per heavy atom. The van der Waals surface area contributed by atoms with E-state index in [1.54, 1.807) is 20.5 Å². The molecule has 39 heavy (non-hydrogen) atoms. The first-order valence-corrected chi connectivity index (χ1v) is 12.8. The van der Waals surface area contributed by atoms with Crippen LogP contribution < -0.4 is 19.7 Å². The molecule has 8 heteroatoms. The molecule has 0 unspecified atom stereocenters. The fourth-order valence-electron chi connectivity index (χ4n) is 5.21. The molecule has 1 aliphatic heterocycles. The fraction of sp³-hybridized carbons (Fsp3) is 0.194. The Labute approximate surface area is 226 Å². The van der Waals surface area contributed by atoms with Crippen LogP contribution in [0.2, 0.25) is 0 Å². The van der Waals surface area contributed by atoms with E-state index in [2.05, 4.69) is 12.1 Å². The SMILES string of the molecule is COc1ccc(CCn2cnc3c(c2=N)[C@@H](c2ccccc2)c2c(C)nn(-c4ccccc4)c2O3)cc1OC. The monoisotopic (exact) mass is 519 g/mol. The number of para-hydroxylation sites is 1. The minimum absolute atomic E-state index is 0.240. The smallest absolute Gasteiger partial charge is 0.230 e. The van der Waals surface area contributed by atoms with Gasteiger partial charge in [0.2, 0.25) is 11.8 Å². The van der Waals surface area contributed by atoms with E-state index in [-0.39, 0.29) is 5.92 Å². The number of fused-ring (bicyclic) bond motifs is 2. The molecule has 0 spiro atoms. The lowest BCUT2D eigenvalue weighted by Gasteiger charge is -2.27. The summed E-state index contributed by atoms with van der Waals surface area (Å²) in [7, 11) is 3.26. The molecule has 2 aromatic heterocycles. The molecule has 1 atom stereocenters. The molecule has 196 valence electrons. The van der Waals surface area contributed by atoms with Crippen LogP contribution in [-0.2, 0) is 13.0 Å². The van der Waals surface area contributed by atoms with Crippen LogP contribution in [-0.4, -0.2) is 33.6 Å². The predicted molar refractivity (Wildman–Crippen MR) is 147 cm³/mol. The highest BCUT2D eigenvalue weighted by atomic mass is 16.5. The van der Waals surface area contributed by atoms with Crippen molar-refractivity contribution in [3.05, 3.63) is 119 Å². The Balaban J connectivity index is 1.43. The summed E-state index contributed by atoms with van der Waals surface area (Å²) < 4.78 is 20.9. The van der Waals surface area contributed by atoms with Crippen molar-refractivity contribution in [1.82, 2.24) is 19.3 Å². The van der Waals surface area contributed by atoms with Gasteiger partial charge in [-0.05, 0) is 48.7 Å². The van der Waals surface area contributed by atoms with Gasteiger partial charge in [-0.25, -0.2) is 9.67 Å². The van der Waals surface area contributed by atoms with Crippen molar-refractivity contribution in [3.8, 4) is 28.9 Å². The van der Waals surface area contributed by atoms with Crippen LogP contribution >= 0.6 is 0 Å². The van der Waals surface area contributed by atoms with Crippen molar-refractivity contribution in [3.63, 3.8) is 0 Å². The Morgan fingerprint density at radius 2 is 1.62 bits per heavy atom. The van der Waals surface area contributed by atoms with Crippen LogP contribution in [0.3, 0.4) is 0 Å². The highest BCUT2D eigenvalue weighted by molar-refractivity contribution is 5.57. The lowest BCUT2D eigenvalue weighted by atomic mass is 9.84. The summed E-state index contributed by atoms with van der Waals surface area (Å²) in [5.74, 6) is 2.20. The van der Waals surface area contributed by atoms with E-state index >= 15 is 0 Å². The Hall–Kier alpha value is -4.85. The van der Waals surface area contributed by atoms with Gasteiger partial charge in [0.15, 0.2) is 11.5 Å². The standard InChI is InChI=1S/C31H29N5O3/c1-20-26-27(22-10-6-4-7-11-22)28-29(32)35(17-16-21-14-15-24(37-2)25(18-21)38-3)19-33-30(28)39-31(26)36(34-20)23-12-8-5-9-13-23/h4-15,18-19,27,32H,16-17H2,1-3H3/t27-/m0/s1. The zero-order chi connectivity index (χ0) is 26.9. The van der Waals surface area contributed by atoms with Gasteiger partial charge in [0.1, 0.15) is 11.8 Å². The normalized spacial score (nSPS) is 13.8. The first-order chi connectivity index (χ1) is 19.1. The van der Waals surface area contributed by atoms with Gasteiger partial charge in [0.05, 0.1) is 42.6 Å². The maximum atomic E-state index is 9.27. The number of nitrogens with zero attached hydrogens (tertiary/aromatic N) is 4. The number of ether oxygens (including phenoxy) is 3. The van der Waals surface area contributed by atoms with Crippen LogP contribution in [0.1, 0.15) is 33.9 Å². The number of rotatable bonds is 7. The van der Waals surface area contributed by atoms with Crippen LogP contribution in [0.5, 0.6) is 23.3 Å². The lowest BCUT2D eigenvalue weighted by Crippen LogP contribution is -2.30. The van der Waals surface area contributed by atoms with Gasteiger partial charge < -0.3 is 18.8 Å². The second-order valence-corrected chi connectivity index (χ2v) is 9.44. The van der Waals surface area contributed by atoms with Crippen LogP contribution in [0, 0.1) is 12.3 Å². The van der Waals surface area contributed by atoms with Gasteiger partial charge in [0, 0.05) is 6.54 Å². The average molecular weight is 520 g/mol. The Kier molecular flexibility index (Phi) is 6.36. The lowest BCUT2D eigenvalue weighted by molar-refractivity contribution is 0.354. The second kappa shape index (κ2) is 10.1. The molecule has 5 aromatic rings. The molecule has 0 fully saturated rings. The molecule has 0 bridgehead atoms. The summed E-state index contributed by atoms with van der Waals surface area (Å²) in [6, 6.07) is 26.0. The van der Waals surface area contributed by atoms with E-state index < -0.39 is 0 Å². The molecule has 1 N–H and O–H groups in total. The molecule has 3 aromatic carbocycles. The minimum atomic E-state index is -0.240. The number of hydrogen-bond donors (Lipinski definition) is 1. The molecule has 0 aliphatic carbocycles. The van der Waals surface area contributed by atoms with Crippen molar-refractivity contribution >= 4 is 0 Å². The van der Waals surface area contributed by atoms with Crippen LogP contribution in [0.15, 0.2) is 85.2 Å². The third-order valence-electron chi connectivity index (χ3n) is 7.14. The predicted octanol–water partition coefficient (Wildman–Crippen LogP) is 5.40. The molecule has 0 saturated heterocycles. The molecular formula is C31H29N5O3. The van der Waals surface area contributed by atoms with E-state index in [0.29, 0.717) is 41.7 Å². The maximum absolute atomic E-state index is 9.27. The van der Waals surface area contributed by atoms with Gasteiger partial charge in [-0.15, -0.1) is 0 Å². The number of methoxy groups -OCH3 is 2. The van der Waals surface area contributed by atoms with E-state index in [9.17, 15) is 5.41 Å². The van der Waals surface area contributed by atoms with Crippen molar-refractivity contribution in [2.45, 2.75) is 25.8 Å². The van der Waals surface area contributed by atoms with Crippen molar-refractivity contribution in [2.75, 3.05) is 14.2 Å². The van der Waals surface area contributed by atoms with Gasteiger partial charge in [0.25, 0.3) is 0 Å². The van der Waals surface area contributed by atoms with Crippen LogP contribution in [0.25, 0.3) is 5.69 Å². The summed E-state index contributed by atoms with van der Waals surface area (Å²) >= 11 is 0. The summed E-state index contributed by atoms with van der Waals surface area (Å²) in [6.45, 7) is 2.57. The van der Waals surface area contributed by atoms with Gasteiger partial charge in [-0.2, -0.15) is 5.10 Å². The van der Waals surface area contributed by atoms with Gasteiger partial charge in [-0.3, -0.25) is 5.41 Å². The van der Waals surface area contributed by atoms with Crippen molar-refractivity contribution in [2.24, 2.45) is 0 Å². The highest BCUT2D eigenvalue weighted by Gasteiger charge is 2.37. The fourth-order valence-corrected chi connectivity index (χ4v) is 5.21. The van der Waals surface area contributed by atoms with Crippen molar-refractivity contribution in [1.29, 1.82) is 5.41 Å². The maximum Gasteiger partial charge on any atom is 0.230 e. The topological polar surface area (TPSA) is 87.2 Å². The molecule has 1 aliphatic rings. The van der Waals surface area contributed by atoms with E-state index in [1.807, 2.05) is 82.9 Å². The largest absolute Gasteiger partial charge is 0.493 e. The number of benzene rings is 3. The molecule has 3 heterocycles. The summed E-state index contributed by atoms with van der Waals surface area (Å²) in [5, 5.41) is 14.1. The number of hydrogen-bond acceptors (Lipinski definition) is 6. The Bertz CT molecular complexity index is 1690. The number of aromatic nitrogens is 4. The molecule has 8 nitrogen and oxygen atoms in total. The van der Waals surface area contributed by atoms with Crippen molar-refractivity contribution < 1.29 is 14.2 Å². The zero-order valence-electron chi connectivity index (χ0n) is 22.1. The summed E-state index contributed by atoms with van der Waals surface area (Å²) in [5.41, 5.74) is 5.96. The molecule has 0 amide bonds. The number of nitrogens with one attached hydrogen (secondary N) is 1. The molecule has 6 rings (SSSR count). The molecule has 0 saturated carbocycles.